The van der Waals surface area contributed by atoms with E-state index in [0.29, 0.717) is 0 Å². The maximum Gasteiger partial charge on any atom is 0.243 e. The Balaban J connectivity index is 1.91. The van der Waals surface area contributed by atoms with Crippen LogP contribution in [0.2, 0.25) is 0 Å². The second-order valence-corrected chi connectivity index (χ2v) is 6.59. The predicted molar refractivity (Wildman–Crippen MR) is 97.6 cm³/mol. The van der Waals surface area contributed by atoms with Crippen molar-refractivity contribution in [3.8, 4) is 0 Å². The van der Waals surface area contributed by atoms with Gasteiger partial charge in [0.25, 0.3) is 0 Å². The number of primary amides is 1. The van der Waals surface area contributed by atoms with E-state index in [2.05, 4.69) is 26.6 Å². The Hall–Kier alpha value is -1.99. The monoisotopic (exact) mass is 393 g/mol. The fourth-order valence-electron chi connectivity index (χ4n) is 1.80. The number of nitrogens with two attached hydrogens (primary N) is 1. The van der Waals surface area contributed by atoms with Crippen LogP contribution >= 0.6 is 27.7 Å². The molecule has 4 N–H and O–H groups in total. The van der Waals surface area contributed by atoms with E-state index in [1.54, 1.807) is 0 Å². The van der Waals surface area contributed by atoms with Gasteiger partial charge >= 0.3 is 0 Å². The number of halogens is 1. The largest absolute Gasteiger partial charge is 0.375 e. The molecule has 2 rings (SSSR count). The highest BCUT2D eigenvalue weighted by atomic mass is 79.9. The topological polar surface area (TPSA) is 84.2 Å². The smallest absolute Gasteiger partial charge is 0.243 e. The lowest BCUT2D eigenvalue weighted by atomic mass is 10.3. The highest BCUT2D eigenvalue weighted by Gasteiger charge is 2.07. The lowest BCUT2D eigenvalue weighted by molar-refractivity contribution is -0.116. The Morgan fingerprint density at radius 3 is 2.48 bits per heavy atom. The van der Waals surface area contributed by atoms with E-state index in [4.69, 9.17) is 5.73 Å². The van der Waals surface area contributed by atoms with E-state index in [9.17, 15) is 9.59 Å². The highest BCUT2D eigenvalue weighted by Crippen LogP contribution is 2.26. The summed E-state index contributed by atoms with van der Waals surface area (Å²) in [5.41, 5.74) is 6.69. The van der Waals surface area contributed by atoms with Gasteiger partial charge in [0, 0.05) is 20.7 Å². The van der Waals surface area contributed by atoms with Gasteiger partial charge in [0.2, 0.25) is 11.8 Å². The summed E-state index contributed by atoms with van der Waals surface area (Å²) in [4.78, 5) is 23.8. The van der Waals surface area contributed by atoms with Crippen LogP contribution in [0, 0.1) is 0 Å². The van der Waals surface area contributed by atoms with E-state index >= 15 is 0 Å². The van der Waals surface area contributed by atoms with Crippen molar-refractivity contribution in [2.45, 2.75) is 4.90 Å². The molecule has 0 saturated heterocycles. The zero-order valence-electron chi connectivity index (χ0n) is 12.2. The summed E-state index contributed by atoms with van der Waals surface area (Å²) < 4.78 is 0.953. The summed E-state index contributed by atoms with van der Waals surface area (Å²) in [6, 6.07) is 14.8. The van der Waals surface area contributed by atoms with Gasteiger partial charge in [-0.15, -0.1) is 11.8 Å². The Labute approximate surface area is 147 Å². The van der Waals surface area contributed by atoms with Crippen molar-refractivity contribution in [3.63, 3.8) is 0 Å². The molecule has 0 unspecified atom stereocenters. The molecule has 0 aliphatic carbocycles. The van der Waals surface area contributed by atoms with E-state index < -0.39 is 0 Å². The first kappa shape index (κ1) is 17.4. The van der Waals surface area contributed by atoms with Gasteiger partial charge in [-0.05, 0) is 36.4 Å². The summed E-state index contributed by atoms with van der Waals surface area (Å²) >= 11 is 4.68. The number of anilines is 2. The molecule has 23 heavy (non-hydrogen) atoms. The molecule has 120 valence electrons. The number of amides is 2. The third-order valence-electron chi connectivity index (χ3n) is 2.82. The number of benzene rings is 2. The summed E-state index contributed by atoms with van der Waals surface area (Å²) in [5.74, 6) is -0.330. The van der Waals surface area contributed by atoms with Crippen LogP contribution in [-0.4, -0.2) is 24.1 Å². The molecule has 2 amide bonds. The SMILES string of the molecule is NC(=O)CSc1ccccc1NCC(=O)Nc1ccc(Br)cc1. The molecule has 5 nitrogen and oxygen atoms in total. The molecule has 0 fully saturated rings. The Bertz CT molecular complexity index is 692. The van der Waals surface area contributed by atoms with E-state index in [-0.39, 0.29) is 24.1 Å². The molecule has 0 bridgehead atoms. The molecule has 0 spiro atoms. The molecule has 0 aromatic heterocycles. The first-order chi connectivity index (χ1) is 11.0. The van der Waals surface area contributed by atoms with Crippen LogP contribution in [0.1, 0.15) is 0 Å². The third kappa shape index (κ3) is 5.96. The Morgan fingerprint density at radius 1 is 1.09 bits per heavy atom. The standard InChI is InChI=1S/C16H16BrN3O2S/c17-11-5-7-12(8-6-11)20-16(22)9-19-13-3-1-2-4-14(13)23-10-15(18)21/h1-8,19H,9-10H2,(H2,18,21)(H,20,22). The van der Waals surface area contributed by atoms with Crippen LogP contribution in [0.4, 0.5) is 11.4 Å². The van der Waals surface area contributed by atoms with Gasteiger partial charge in [0.15, 0.2) is 0 Å². The number of hydrogen-bond acceptors (Lipinski definition) is 4. The van der Waals surface area contributed by atoms with Gasteiger partial charge in [0.05, 0.1) is 12.3 Å². The van der Waals surface area contributed by atoms with Gasteiger partial charge in [-0.3, -0.25) is 9.59 Å². The quantitative estimate of drug-likeness (QED) is 0.631. The summed E-state index contributed by atoms with van der Waals surface area (Å²) in [6.07, 6.45) is 0. The molecule has 0 atom stereocenters. The van der Waals surface area contributed by atoms with Gasteiger partial charge < -0.3 is 16.4 Å². The van der Waals surface area contributed by atoms with Gasteiger partial charge in [0.1, 0.15) is 0 Å². The average Bonchev–Trinajstić information content (AvgIpc) is 2.54. The lowest BCUT2D eigenvalue weighted by Gasteiger charge is -2.11. The lowest BCUT2D eigenvalue weighted by Crippen LogP contribution is -2.22. The molecule has 0 aliphatic heterocycles. The van der Waals surface area contributed by atoms with Crippen LogP contribution in [0.3, 0.4) is 0 Å². The number of carbonyl (C=O) groups excluding carboxylic acids is 2. The summed E-state index contributed by atoms with van der Waals surface area (Å²) in [5, 5.41) is 5.88. The zero-order valence-corrected chi connectivity index (χ0v) is 14.6. The zero-order chi connectivity index (χ0) is 16.7. The average molecular weight is 394 g/mol. The first-order valence-corrected chi connectivity index (χ1v) is 8.62. The van der Waals surface area contributed by atoms with Gasteiger partial charge in [-0.2, -0.15) is 0 Å². The van der Waals surface area contributed by atoms with Crippen LogP contribution < -0.4 is 16.4 Å². The van der Waals surface area contributed by atoms with E-state index in [1.807, 2.05) is 48.5 Å². The Morgan fingerprint density at radius 2 is 1.78 bits per heavy atom. The number of rotatable bonds is 7. The molecule has 0 heterocycles. The molecule has 0 aliphatic rings. The molecule has 0 saturated carbocycles. The molecular formula is C16H16BrN3O2S. The van der Waals surface area contributed by atoms with Crippen LogP contribution in [0.15, 0.2) is 57.9 Å². The second-order valence-electron chi connectivity index (χ2n) is 4.66. The maximum atomic E-state index is 12.0. The van der Waals surface area contributed by atoms with Crippen molar-refractivity contribution < 1.29 is 9.59 Å². The summed E-state index contributed by atoms with van der Waals surface area (Å²) in [7, 11) is 0. The van der Waals surface area contributed by atoms with Crippen LogP contribution in [0.25, 0.3) is 0 Å². The number of hydrogen-bond donors (Lipinski definition) is 3. The van der Waals surface area contributed by atoms with Crippen LogP contribution in [0.5, 0.6) is 0 Å². The number of carbonyl (C=O) groups is 2. The Kier molecular flexibility index (Phi) is 6.49. The highest BCUT2D eigenvalue weighted by molar-refractivity contribution is 9.10. The molecule has 2 aromatic carbocycles. The van der Waals surface area contributed by atoms with Crippen molar-refractivity contribution in [2.75, 3.05) is 22.9 Å². The van der Waals surface area contributed by atoms with Gasteiger partial charge in [-0.25, -0.2) is 0 Å². The fourth-order valence-corrected chi connectivity index (χ4v) is 2.83. The normalized spacial score (nSPS) is 10.1. The maximum absolute atomic E-state index is 12.0. The van der Waals surface area contributed by atoms with E-state index in [0.717, 1.165) is 20.7 Å². The summed E-state index contributed by atoms with van der Waals surface area (Å²) in [6.45, 7) is 0.129. The molecule has 0 radical (unpaired) electrons. The van der Waals surface area contributed by atoms with Gasteiger partial charge in [-0.1, -0.05) is 28.1 Å². The third-order valence-corrected chi connectivity index (χ3v) is 4.45. The molecule has 2 aromatic rings. The predicted octanol–water partition coefficient (Wildman–Crippen LogP) is 3.08. The number of thioether (sulfide) groups is 1. The minimum absolute atomic E-state index is 0.129. The number of nitrogens with one attached hydrogen (secondary N) is 2. The molecular weight excluding hydrogens is 378 g/mol. The van der Waals surface area contributed by atoms with Crippen molar-refractivity contribution >= 4 is 50.9 Å². The van der Waals surface area contributed by atoms with Crippen molar-refractivity contribution in [2.24, 2.45) is 5.73 Å². The fraction of sp³-hybridized carbons (Fsp3) is 0.125. The van der Waals surface area contributed by atoms with Crippen molar-refractivity contribution in [3.05, 3.63) is 53.0 Å². The molecule has 7 heteroatoms. The van der Waals surface area contributed by atoms with Crippen molar-refractivity contribution in [1.29, 1.82) is 0 Å². The van der Waals surface area contributed by atoms with E-state index in [1.165, 1.54) is 11.8 Å². The second kappa shape index (κ2) is 8.59. The van der Waals surface area contributed by atoms with Crippen molar-refractivity contribution in [1.82, 2.24) is 0 Å². The minimum atomic E-state index is -0.377. The van der Waals surface area contributed by atoms with Crippen LogP contribution in [-0.2, 0) is 9.59 Å². The first-order valence-electron chi connectivity index (χ1n) is 6.84. The number of para-hydroxylation sites is 1. The minimum Gasteiger partial charge on any atom is -0.375 e.